The van der Waals surface area contributed by atoms with Crippen molar-refractivity contribution in [2.45, 2.75) is 29.8 Å². The number of carbonyl (C=O) groups is 1. The van der Waals surface area contributed by atoms with Gasteiger partial charge in [-0.25, -0.2) is 0 Å². The summed E-state index contributed by atoms with van der Waals surface area (Å²) in [5.41, 5.74) is -2.34. The fraction of sp³-hybridized carbons (Fsp3) is 0.316. The normalized spacial score (nSPS) is 14.5. The van der Waals surface area contributed by atoms with E-state index in [9.17, 15) is 18.0 Å². The van der Waals surface area contributed by atoms with Crippen molar-refractivity contribution in [3.8, 4) is 0 Å². The fourth-order valence-corrected chi connectivity index (χ4v) is 3.61. The number of nitrogens with one attached hydrogen (secondary N) is 1. The molecule has 3 nitrogen and oxygen atoms in total. The van der Waals surface area contributed by atoms with Crippen molar-refractivity contribution in [3.05, 3.63) is 59.7 Å². The summed E-state index contributed by atoms with van der Waals surface area (Å²) in [5, 5.41) is 2.70. The number of hydrogen-bond acceptors (Lipinski definition) is 3. The lowest BCUT2D eigenvalue weighted by Crippen LogP contribution is -2.23. The molecule has 0 radical (unpaired) electrons. The van der Waals surface area contributed by atoms with E-state index in [2.05, 4.69) is 10.2 Å². The van der Waals surface area contributed by atoms with E-state index in [0.29, 0.717) is 0 Å². The minimum absolute atomic E-state index is 0.0310. The van der Waals surface area contributed by atoms with Crippen LogP contribution in [-0.2, 0) is 6.54 Å². The molecule has 1 N–H and O–H groups in total. The van der Waals surface area contributed by atoms with Gasteiger partial charge in [0.1, 0.15) is 0 Å². The Labute approximate surface area is 154 Å². The van der Waals surface area contributed by atoms with E-state index in [-0.39, 0.29) is 28.8 Å². The SMILES string of the molecule is O=C(NCc1ccc(N2CCCC2)cc1)c1ccccc1SC(F)(F)F. The van der Waals surface area contributed by atoms with E-state index < -0.39 is 11.4 Å². The molecule has 7 heteroatoms. The predicted octanol–water partition coefficient (Wildman–Crippen LogP) is 4.83. The molecule has 0 saturated carbocycles. The monoisotopic (exact) mass is 380 g/mol. The predicted molar refractivity (Wildman–Crippen MR) is 97.4 cm³/mol. The summed E-state index contributed by atoms with van der Waals surface area (Å²) in [6.45, 7) is 2.39. The molecule has 0 bridgehead atoms. The second kappa shape index (κ2) is 8.03. The molecule has 1 amide bonds. The van der Waals surface area contributed by atoms with Crippen LogP contribution in [0.15, 0.2) is 53.4 Å². The number of carbonyl (C=O) groups excluding carboxylic acids is 1. The lowest BCUT2D eigenvalue weighted by molar-refractivity contribution is -0.0328. The van der Waals surface area contributed by atoms with Gasteiger partial charge in [0, 0.05) is 30.2 Å². The molecule has 1 aliphatic heterocycles. The van der Waals surface area contributed by atoms with Gasteiger partial charge in [-0.05, 0) is 54.4 Å². The molecule has 26 heavy (non-hydrogen) atoms. The molecule has 0 aliphatic carbocycles. The minimum atomic E-state index is -4.43. The first-order chi connectivity index (χ1) is 12.4. The number of nitrogens with zero attached hydrogens (tertiary/aromatic N) is 1. The van der Waals surface area contributed by atoms with Crippen LogP contribution in [0, 0.1) is 0 Å². The molecule has 2 aromatic carbocycles. The van der Waals surface area contributed by atoms with Crippen molar-refractivity contribution in [1.82, 2.24) is 5.32 Å². The maximum Gasteiger partial charge on any atom is 0.446 e. The first-order valence-electron chi connectivity index (χ1n) is 8.39. The Morgan fingerprint density at radius 3 is 2.35 bits per heavy atom. The highest BCUT2D eigenvalue weighted by Crippen LogP contribution is 2.38. The van der Waals surface area contributed by atoms with Crippen molar-refractivity contribution in [1.29, 1.82) is 0 Å². The molecule has 138 valence electrons. The molecule has 0 aromatic heterocycles. The van der Waals surface area contributed by atoms with Gasteiger partial charge in [0.15, 0.2) is 0 Å². The Morgan fingerprint density at radius 2 is 1.69 bits per heavy atom. The molecule has 2 aromatic rings. The Balaban J connectivity index is 1.62. The van der Waals surface area contributed by atoms with E-state index in [1.807, 2.05) is 24.3 Å². The van der Waals surface area contributed by atoms with Gasteiger partial charge in [-0.3, -0.25) is 4.79 Å². The third-order valence-electron chi connectivity index (χ3n) is 4.22. The van der Waals surface area contributed by atoms with Gasteiger partial charge < -0.3 is 10.2 Å². The van der Waals surface area contributed by atoms with Crippen molar-refractivity contribution < 1.29 is 18.0 Å². The molecule has 1 aliphatic rings. The van der Waals surface area contributed by atoms with Crippen molar-refractivity contribution in [2.75, 3.05) is 18.0 Å². The molecule has 0 spiro atoms. The second-order valence-corrected chi connectivity index (χ2v) is 7.19. The number of halogens is 3. The van der Waals surface area contributed by atoms with Crippen molar-refractivity contribution in [2.24, 2.45) is 0 Å². The first-order valence-corrected chi connectivity index (χ1v) is 9.21. The van der Waals surface area contributed by atoms with Gasteiger partial charge >= 0.3 is 5.51 Å². The van der Waals surface area contributed by atoms with Crippen LogP contribution in [0.5, 0.6) is 0 Å². The maximum atomic E-state index is 12.6. The number of anilines is 1. The van der Waals surface area contributed by atoms with E-state index in [4.69, 9.17) is 0 Å². The Bertz CT molecular complexity index is 756. The summed E-state index contributed by atoms with van der Waals surface area (Å²) in [6.07, 6.45) is 2.40. The summed E-state index contributed by atoms with van der Waals surface area (Å²) in [7, 11) is 0. The van der Waals surface area contributed by atoms with Crippen LogP contribution in [0.25, 0.3) is 0 Å². The molecular weight excluding hydrogens is 361 g/mol. The standard InChI is InChI=1S/C19H19F3N2OS/c20-19(21,22)26-17-6-2-1-5-16(17)18(25)23-13-14-7-9-15(10-8-14)24-11-3-4-12-24/h1-2,5-10H,3-4,11-13H2,(H,23,25). The summed E-state index contributed by atoms with van der Waals surface area (Å²) < 4.78 is 37.9. The zero-order valence-corrected chi connectivity index (χ0v) is 14.9. The lowest BCUT2D eigenvalue weighted by atomic mass is 10.1. The zero-order valence-electron chi connectivity index (χ0n) is 14.1. The highest BCUT2D eigenvalue weighted by Gasteiger charge is 2.31. The van der Waals surface area contributed by atoms with Gasteiger partial charge in [0.05, 0.1) is 5.56 Å². The largest absolute Gasteiger partial charge is 0.446 e. The van der Waals surface area contributed by atoms with Gasteiger partial charge in [-0.1, -0.05) is 24.3 Å². The topological polar surface area (TPSA) is 32.3 Å². The Hall–Kier alpha value is -2.15. The summed E-state index contributed by atoms with van der Waals surface area (Å²) >= 11 is -0.273. The van der Waals surface area contributed by atoms with Crippen LogP contribution in [0.1, 0.15) is 28.8 Å². The van der Waals surface area contributed by atoms with Crippen molar-refractivity contribution >= 4 is 23.4 Å². The Morgan fingerprint density at radius 1 is 1.04 bits per heavy atom. The highest BCUT2D eigenvalue weighted by atomic mass is 32.2. The van der Waals surface area contributed by atoms with Crippen LogP contribution >= 0.6 is 11.8 Å². The Kier molecular flexibility index (Phi) is 5.76. The average molecular weight is 380 g/mol. The quantitative estimate of drug-likeness (QED) is 0.754. The van der Waals surface area contributed by atoms with Gasteiger partial charge in [0.2, 0.25) is 0 Å². The molecule has 0 unspecified atom stereocenters. The highest BCUT2D eigenvalue weighted by molar-refractivity contribution is 8.00. The number of amides is 1. The van der Waals surface area contributed by atoms with E-state index in [0.717, 1.165) is 24.3 Å². The van der Waals surface area contributed by atoms with E-state index in [1.165, 1.54) is 31.0 Å². The molecule has 1 saturated heterocycles. The summed E-state index contributed by atoms with van der Waals surface area (Å²) in [5.74, 6) is -0.513. The number of benzene rings is 2. The number of rotatable bonds is 5. The summed E-state index contributed by atoms with van der Waals surface area (Å²) in [4.78, 5) is 14.5. The van der Waals surface area contributed by atoms with Gasteiger partial charge in [-0.2, -0.15) is 13.2 Å². The number of alkyl halides is 3. The third-order valence-corrected chi connectivity index (χ3v) is 5.03. The van der Waals surface area contributed by atoms with Crippen LogP contribution in [0.4, 0.5) is 18.9 Å². The first kappa shape index (κ1) is 18.6. The lowest BCUT2D eigenvalue weighted by Gasteiger charge is -2.17. The summed E-state index contributed by atoms with van der Waals surface area (Å²) in [6, 6.07) is 13.6. The zero-order chi connectivity index (χ0) is 18.6. The minimum Gasteiger partial charge on any atom is -0.372 e. The van der Waals surface area contributed by atoms with Crippen LogP contribution in [0.3, 0.4) is 0 Å². The molecule has 0 atom stereocenters. The van der Waals surface area contributed by atoms with Crippen LogP contribution < -0.4 is 10.2 Å². The van der Waals surface area contributed by atoms with Crippen molar-refractivity contribution in [3.63, 3.8) is 0 Å². The van der Waals surface area contributed by atoms with Gasteiger partial charge in [0.25, 0.3) is 5.91 Å². The van der Waals surface area contributed by atoms with Crippen LogP contribution in [-0.4, -0.2) is 24.5 Å². The van der Waals surface area contributed by atoms with Gasteiger partial charge in [-0.15, -0.1) is 0 Å². The molecule has 1 fully saturated rings. The fourth-order valence-electron chi connectivity index (χ4n) is 2.95. The average Bonchev–Trinajstić information content (AvgIpc) is 3.14. The third kappa shape index (κ3) is 4.94. The molecule has 1 heterocycles. The van der Waals surface area contributed by atoms with E-state index in [1.54, 1.807) is 6.07 Å². The number of hydrogen-bond donors (Lipinski definition) is 1. The second-order valence-electron chi connectivity index (χ2n) is 6.09. The van der Waals surface area contributed by atoms with Crippen LogP contribution in [0.2, 0.25) is 0 Å². The number of thioether (sulfide) groups is 1. The molecular formula is C19H19F3N2OS. The smallest absolute Gasteiger partial charge is 0.372 e. The van der Waals surface area contributed by atoms with E-state index >= 15 is 0 Å². The maximum absolute atomic E-state index is 12.6. The molecule has 3 rings (SSSR count).